The summed E-state index contributed by atoms with van der Waals surface area (Å²) in [6, 6.07) is 7.83. The van der Waals surface area contributed by atoms with E-state index in [4.69, 9.17) is 4.74 Å². The highest BCUT2D eigenvalue weighted by atomic mass is 32.2. The zero-order valence-electron chi connectivity index (χ0n) is 22.8. The summed E-state index contributed by atoms with van der Waals surface area (Å²) in [6.45, 7) is 14.3. The predicted molar refractivity (Wildman–Crippen MR) is 135 cm³/mol. The van der Waals surface area contributed by atoms with E-state index in [1.165, 1.54) is 81.4 Å². The minimum Gasteiger partial charge on any atom is -0.609 e. The van der Waals surface area contributed by atoms with Crippen molar-refractivity contribution >= 4 is 28.5 Å². The quantitative estimate of drug-likeness (QED) is 0.499. The Morgan fingerprint density at radius 2 is 1.17 bits per heavy atom. The third-order valence-corrected chi connectivity index (χ3v) is 8.17. The van der Waals surface area contributed by atoms with Gasteiger partial charge in [-0.05, 0) is 19.1 Å². The second-order valence-corrected chi connectivity index (χ2v) is 14.2. The van der Waals surface area contributed by atoms with Crippen LogP contribution < -0.4 is 0 Å². The van der Waals surface area contributed by atoms with Crippen LogP contribution in [0.4, 0.5) is 0 Å². The lowest BCUT2D eigenvalue weighted by Gasteiger charge is -2.59. The summed E-state index contributed by atoms with van der Waals surface area (Å²) < 4.78 is 19.7. The van der Waals surface area contributed by atoms with Crippen molar-refractivity contribution in [1.29, 1.82) is 0 Å². The number of carbonyl (C=O) groups excluding carboxylic acids is 3. The van der Waals surface area contributed by atoms with E-state index in [2.05, 4.69) is 0 Å². The van der Waals surface area contributed by atoms with Gasteiger partial charge in [-0.3, -0.25) is 14.4 Å². The molecule has 0 aromatic heterocycles. The molecular formula is C27H40O8S. The molecule has 202 valence electrons. The molecule has 1 aliphatic rings. The standard InChI is InChI=1S/C27H40O8S/c1-16-25(31,18(28)22(2,3)4)27(33,20(30)24(8,9)10)26(32,19(29)23(5,6)7)21(35-16)36(34)17-14-12-11-13-15-17/h11-16,21,31-33H,1-10H3/t16-,21+,25-,26+,27+,36?/m1/s1. The molecule has 2 rings (SSSR count). The number of aliphatic hydroxyl groups is 3. The number of carbonyl (C=O) groups is 3. The number of Topliss-reactive ketones (excluding diaryl/α,β-unsaturated/α-hetero) is 3. The Bertz CT molecular complexity index is 1020. The molecule has 0 saturated carbocycles. The number of hydrogen-bond donors (Lipinski definition) is 3. The molecular weight excluding hydrogens is 484 g/mol. The molecule has 8 nitrogen and oxygen atoms in total. The summed E-state index contributed by atoms with van der Waals surface area (Å²) in [6.07, 6.45) is -1.62. The fourth-order valence-electron chi connectivity index (χ4n) is 4.67. The lowest BCUT2D eigenvalue weighted by Crippen LogP contribution is -2.88. The highest BCUT2D eigenvalue weighted by Crippen LogP contribution is 2.54. The molecule has 0 radical (unpaired) electrons. The Hall–Kier alpha value is -1.62. The summed E-state index contributed by atoms with van der Waals surface area (Å²) in [5.74, 6) is -3.26. The van der Waals surface area contributed by atoms with E-state index < -0.39 is 73.1 Å². The first-order valence-corrected chi connectivity index (χ1v) is 13.1. The molecule has 0 spiro atoms. The molecule has 3 N–H and O–H groups in total. The summed E-state index contributed by atoms with van der Waals surface area (Å²) in [5.41, 5.74) is -15.9. The minimum absolute atomic E-state index is 0.160. The average molecular weight is 525 g/mol. The topological polar surface area (TPSA) is 144 Å². The summed E-state index contributed by atoms with van der Waals surface area (Å²) in [5, 5.41) is 36.8. The van der Waals surface area contributed by atoms with Crippen LogP contribution in [0.1, 0.15) is 69.2 Å². The smallest absolute Gasteiger partial charge is 0.261 e. The number of benzene rings is 1. The molecule has 1 heterocycles. The van der Waals surface area contributed by atoms with Crippen LogP contribution in [0.15, 0.2) is 35.2 Å². The highest BCUT2D eigenvalue weighted by Gasteiger charge is 2.83. The van der Waals surface area contributed by atoms with Crippen molar-refractivity contribution in [2.75, 3.05) is 0 Å². The average Bonchev–Trinajstić information content (AvgIpc) is 2.76. The Morgan fingerprint density at radius 1 is 0.778 bits per heavy atom. The molecule has 0 amide bonds. The van der Waals surface area contributed by atoms with Gasteiger partial charge in [-0.15, -0.1) is 0 Å². The van der Waals surface area contributed by atoms with Crippen LogP contribution in [-0.4, -0.2) is 65.6 Å². The maximum atomic E-state index is 14.1. The molecule has 1 fully saturated rings. The van der Waals surface area contributed by atoms with Crippen molar-refractivity contribution in [2.24, 2.45) is 16.2 Å². The van der Waals surface area contributed by atoms with Crippen LogP contribution in [0.5, 0.6) is 0 Å². The molecule has 0 aliphatic carbocycles. The van der Waals surface area contributed by atoms with E-state index in [-0.39, 0.29) is 4.90 Å². The second kappa shape index (κ2) is 9.29. The molecule has 6 atom stereocenters. The van der Waals surface area contributed by atoms with Gasteiger partial charge in [-0.1, -0.05) is 80.5 Å². The van der Waals surface area contributed by atoms with Gasteiger partial charge in [-0.2, -0.15) is 0 Å². The first kappa shape index (κ1) is 30.6. The number of ketones is 3. The van der Waals surface area contributed by atoms with Crippen molar-refractivity contribution in [3.63, 3.8) is 0 Å². The lowest BCUT2D eigenvalue weighted by atomic mass is 9.54. The maximum absolute atomic E-state index is 14.1. The monoisotopic (exact) mass is 524 g/mol. The van der Waals surface area contributed by atoms with Gasteiger partial charge in [0.25, 0.3) is 5.44 Å². The zero-order chi connectivity index (χ0) is 28.3. The molecule has 9 heteroatoms. The van der Waals surface area contributed by atoms with Gasteiger partial charge < -0.3 is 24.6 Å². The fraction of sp³-hybridized carbons (Fsp3) is 0.667. The van der Waals surface area contributed by atoms with Crippen molar-refractivity contribution in [1.82, 2.24) is 0 Å². The van der Waals surface area contributed by atoms with Gasteiger partial charge in [-0.25, -0.2) is 0 Å². The van der Waals surface area contributed by atoms with Gasteiger partial charge >= 0.3 is 0 Å². The van der Waals surface area contributed by atoms with Crippen molar-refractivity contribution < 1.29 is 39.0 Å². The van der Waals surface area contributed by atoms with Crippen LogP contribution in [0.2, 0.25) is 0 Å². The second-order valence-electron chi connectivity index (χ2n) is 12.7. The van der Waals surface area contributed by atoms with Crippen LogP contribution in [0.3, 0.4) is 0 Å². The van der Waals surface area contributed by atoms with Gasteiger partial charge in [0.2, 0.25) is 11.2 Å². The highest BCUT2D eigenvalue weighted by molar-refractivity contribution is 7.92. The summed E-state index contributed by atoms with van der Waals surface area (Å²) >= 11 is -2.30. The summed E-state index contributed by atoms with van der Waals surface area (Å²) in [7, 11) is 0. The van der Waals surface area contributed by atoms with Crippen LogP contribution in [0, 0.1) is 16.2 Å². The molecule has 1 aliphatic heterocycles. The van der Waals surface area contributed by atoms with Gasteiger partial charge in [0, 0.05) is 27.4 Å². The van der Waals surface area contributed by atoms with Crippen molar-refractivity contribution in [3.8, 4) is 0 Å². The van der Waals surface area contributed by atoms with E-state index in [0.29, 0.717) is 0 Å². The third-order valence-electron chi connectivity index (χ3n) is 6.59. The van der Waals surface area contributed by atoms with Crippen molar-refractivity contribution in [2.45, 2.75) is 102 Å². The maximum Gasteiger partial charge on any atom is 0.261 e. The number of rotatable bonds is 5. The van der Waals surface area contributed by atoms with Gasteiger partial charge in [0.05, 0.1) is 6.10 Å². The van der Waals surface area contributed by atoms with Crippen molar-refractivity contribution in [3.05, 3.63) is 30.3 Å². The van der Waals surface area contributed by atoms with E-state index >= 15 is 0 Å². The zero-order valence-corrected chi connectivity index (χ0v) is 23.6. The molecule has 0 bridgehead atoms. The molecule has 1 saturated heterocycles. The first-order valence-electron chi connectivity index (χ1n) is 11.9. The van der Waals surface area contributed by atoms with E-state index in [1.54, 1.807) is 18.2 Å². The van der Waals surface area contributed by atoms with E-state index in [9.17, 15) is 34.3 Å². The number of ether oxygens (including phenoxy) is 1. The Labute approximate surface area is 216 Å². The van der Waals surface area contributed by atoms with Gasteiger partial charge in [0.1, 0.15) is 0 Å². The first-order chi connectivity index (χ1) is 16.0. The normalized spacial score (nSPS) is 32.6. The molecule has 36 heavy (non-hydrogen) atoms. The summed E-state index contributed by atoms with van der Waals surface area (Å²) in [4.78, 5) is 42.0. The molecule has 1 unspecified atom stereocenters. The Kier molecular flexibility index (Phi) is 7.90. The number of hydrogen-bond acceptors (Lipinski definition) is 8. The molecule has 1 aromatic carbocycles. The SMILES string of the molecule is C[C@H]1O[C@@H]([S+]([O-])c2ccccc2)[C@@](O)(C(=O)C(C)(C)C)[C@](O)(C(=O)C(C)(C)C)[C@]1(O)C(=O)C(C)(C)C. The predicted octanol–water partition coefficient (Wildman–Crippen LogP) is 2.58. The van der Waals surface area contributed by atoms with Gasteiger partial charge in [0.15, 0.2) is 27.8 Å². The third kappa shape index (κ3) is 4.48. The van der Waals surface area contributed by atoms with E-state index in [0.717, 1.165) is 0 Å². The van der Waals surface area contributed by atoms with Crippen LogP contribution in [0.25, 0.3) is 0 Å². The minimum atomic E-state index is -3.40. The largest absolute Gasteiger partial charge is 0.609 e. The fourth-order valence-corrected chi connectivity index (χ4v) is 6.20. The lowest BCUT2D eigenvalue weighted by molar-refractivity contribution is -0.308. The van der Waals surface area contributed by atoms with E-state index in [1.807, 2.05) is 0 Å². The van der Waals surface area contributed by atoms with Crippen LogP contribution >= 0.6 is 0 Å². The Morgan fingerprint density at radius 3 is 1.56 bits per heavy atom. The van der Waals surface area contributed by atoms with Crippen LogP contribution in [-0.2, 0) is 30.3 Å². The Balaban J connectivity index is 3.08. The molecule has 1 aromatic rings.